The van der Waals surface area contributed by atoms with Gasteiger partial charge < -0.3 is 9.80 Å². The second kappa shape index (κ2) is 17.8. The van der Waals surface area contributed by atoms with Crippen LogP contribution >= 0.6 is 0 Å². The zero-order valence-electron chi connectivity index (χ0n) is 25.7. The lowest BCUT2D eigenvalue weighted by molar-refractivity contribution is 0.867. The minimum atomic E-state index is 0. The molecule has 6 rings (SSSR count). The second-order valence-corrected chi connectivity index (χ2v) is 10.1. The molecular weight excluding hydrogens is 532 g/mol. The Balaban J connectivity index is 0.000000377. The predicted octanol–water partition coefficient (Wildman–Crippen LogP) is 13.1. The molecule has 0 radical (unpaired) electrons. The van der Waals surface area contributed by atoms with Crippen molar-refractivity contribution in [2.45, 2.75) is 41.0 Å². The molecule has 44 heavy (non-hydrogen) atoms. The molecule has 0 saturated carbocycles. The van der Waals surface area contributed by atoms with Crippen molar-refractivity contribution in [3.05, 3.63) is 181 Å². The highest BCUT2D eigenvalue weighted by molar-refractivity contribution is 5.80. The van der Waals surface area contributed by atoms with E-state index in [1.165, 1.54) is 5.56 Å². The van der Waals surface area contributed by atoms with Crippen molar-refractivity contribution < 1.29 is 0 Å². The predicted molar refractivity (Wildman–Crippen MR) is 194 cm³/mol. The van der Waals surface area contributed by atoms with Crippen LogP contribution in [0.2, 0.25) is 0 Å². The van der Waals surface area contributed by atoms with Crippen LogP contribution in [-0.4, -0.2) is 0 Å². The zero-order valence-corrected chi connectivity index (χ0v) is 25.7. The van der Waals surface area contributed by atoms with E-state index in [9.17, 15) is 0 Å². The van der Waals surface area contributed by atoms with E-state index in [1.54, 1.807) is 0 Å². The zero-order chi connectivity index (χ0) is 30.3. The molecule has 0 unspecified atom stereocenters. The Kier molecular flexibility index (Phi) is 13.5. The van der Waals surface area contributed by atoms with Crippen LogP contribution in [0.3, 0.4) is 0 Å². The first-order chi connectivity index (χ1) is 21.2. The Morgan fingerprint density at radius 3 is 0.727 bits per heavy atom. The summed E-state index contributed by atoms with van der Waals surface area (Å²) in [7, 11) is 0. The monoisotopic (exact) mass is 578 g/mol. The fourth-order valence-electron chi connectivity index (χ4n) is 4.79. The summed E-state index contributed by atoms with van der Waals surface area (Å²) in [6.45, 7) is 8.41. The molecule has 0 bridgehead atoms. The third-order valence-corrected chi connectivity index (χ3v) is 6.89. The summed E-state index contributed by atoms with van der Waals surface area (Å²) in [4.78, 5) is 4.55. The summed E-state index contributed by atoms with van der Waals surface area (Å²) >= 11 is 0. The number of rotatable bonds is 7. The van der Waals surface area contributed by atoms with Crippen molar-refractivity contribution >= 4 is 34.1 Å². The van der Waals surface area contributed by atoms with E-state index in [4.69, 9.17) is 0 Å². The van der Waals surface area contributed by atoms with Gasteiger partial charge in [0.1, 0.15) is 0 Å². The molecule has 0 heterocycles. The summed E-state index contributed by atoms with van der Waals surface area (Å²) in [6, 6.07) is 61.2. The van der Waals surface area contributed by atoms with Crippen LogP contribution in [-0.2, 0) is 0 Å². The maximum atomic E-state index is 2.28. The van der Waals surface area contributed by atoms with Gasteiger partial charge in [0.2, 0.25) is 0 Å². The Labute approximate surface area is 265 Å². The van der Waals surface area contributed by atoms with Gasteiger partial charge in [0.05, 0.1) is 0 Å². The largest absolute Gasteiger partial charge is 0.311 e. The van der Waals surface area contributed by atoms with Crippen molar-refractivity contribution in [2.24, 2.45) is 0 Å². The average molecular weight is 579 g/mol. The number of hydrogen-bond acceptors (Lipinski definition) is 2. The molecule has 2 nitrogen and oxygen atoms in total. The van der Waals surface area contributed by atoms with Gasteiger partial charge in [0, 0.05) is 34.1 Å². The molecule has 0 amide bonds. The average Bonchev–Trinajstić information content (AvgIpc) is 3.09. The number of hydrogen-bond donors (Lipinski definition) is 0. The molecule has 0 atom stereocenters. The molecule has 2 heteroatoms. The Morgan fingerprint density at radius 2 is 0.523 bits per heavy atom. The molecule has 0 aromatic heterocycles. The van der Waals surface area contributed by atoms with Gasteiger partial charge in [-0.25, -0.2) is 0 Å². The molecule has 0 aliphatic heterocycles. The van der Waals surface area contributed by atoms with Gasteiger partial charge in [-0.1, -0.05) is 138 Å². The summed E-state index contributed by atoms with van der Waals surface area (Å²) in [6.07, 6.45) is 0. The number of para-hydroxylation sites is 4. The van der Waals surface area contributed by atoms with Crippen LogP contribution in [0, 0.1) is 0 Å². The lowest BCUT2D eigenvalue weighted by Crippen LogP contribution is -2.12. The van der Waals surface area contributed by atoms with Gasteiger partial charge in [-0.3, -0.25) is 0 Å². The molecule has 0 saturated heterocycles. The SMILES string of the molecule is C.CC.CC(C)c1ccccc1.c1ccc(N(c2ccccc2)c2ccc(N(c3ccccc3)c3ccccc3)cc2)cc1. The molecule has 0 N–H and O–H groups in total. The van der Waals surface area contributed by atoms with Crippen LogP contribution in [0.25, 0.3) is 0 Å². The first kappa shape index (κ1) is 33.4. The van der Waals surface area contributed by atoms with Gasteiger partial charge in [-0.05, 0) is 84.3 Å². The molecule has 224 valence electrons. The fourth-order valence-corrected chi connectivity index (χ4v) is 4.79. The van der Waals surface area contributed by atoms with Crippen molar-refractivity contribution in [2.75, 3.05) is 9.80 Å². The summed E-state index contributed by atoms with van der Waals surface area (Å²) in [5.74, 6) is 0.659. The van der Waals surface area contributed by atoms with Crippen molar-refractivity contribution in [1.29, 1.82) is 0 Å². The molecule has 0 spiro atoms. The third kappa shape index (κ3) is 8.96. The van der Waals surface area contributed by atoms with Gasteiger partial charge in [-0.2, -0.15) is 0 Å². The standard InChI is InChI=1S/C30H24N2.C9H12.C2H6.CH4/c1-5-13-25(14-6-1)31(26-15-7-2-8-16-26)29-21-23-30(24-22-29)32(27-17-9-3-10-18-27)28-19-11-4-12-20-28;1-8(2)9-6-4-3-5-7-9;1-2;/h1-24H;3-8H,1-2H3;1-2H3;1H4. The highest BCUT2D eigenvalue weighted by atomic mass is 15.2. The van der Waals surface area contributed by atoms with Crippen LogP contribution in [0.15, 0.2) is 176 Å². The molecule has 6 aromatic carbocycles. The number of anilines is 6. The van der Waals surface area contributed by atoms with E-state index < -0.39 is 0 Å². The minimum absolute atomic E-state index is 0. The summed E-state index contributed by atoms with van der Waals surface area (Å²) < 4.78 is 0. The second-order valence-electron chi connectivity index (χ2n) is 10.1. The molecule has 0 aliphatic carbocycles. The van der Waals surface area contributed by atoms with Gasteiger partial charge in [0.25, 0.3) is 0 Å². The number of benzene rings is 6. The Hall–Kier alpha value is -5.08. The first-order valence-electron chi connectivity index (χ1n) is 15.2. The smallest absolute Gasteiger partial charge is 0.0463 e. The van der Waals surface area contributed by atoms with E-state index in [0.717, 1.165) is 34.1 Å². The highest BCUT2D eigenvalue weighted by Gasteiger charge is 2.15. The lowest BCUT2D eigenvalue weighted by atomic mass is 10.0. The van der Waals surface area contributed by atoms with Crippen LogP contribution in [0.4, 0.5) is 34.1 Å². The van der Waals surface area contributed by atoms with E-state index in [0.29, 0.717) is 5.92 Å². The third-order valence-electron chi connectivity index (χ3n) is 6.89. The van der Waals surface area contributed by atoms with Crippen molar-refractivity contribution in [3.63, 3.8) is 0 Å². The summed E-state index contributed by atoms with van der Waals surface area (Å²) in [5.41, 5.74) is 8.18. The first-order valence-corrected chi connectivity index (χ1v) is 15.2. The van der Waals surface area contributed by atoms with Crippen LogP contribution < -0.4 is 9.80 Å². The van der Waals surface area contributed by atoms with Crippen LogP contribution in [0.1, 0.15) is 46.6 Å². The topological polar surface area (TPSA) is 6.48 Å². The Bertz CT molecular complexity index is 1390. The van der Waals surface area contributed by atoms with Crippen molar-refractivity contribution in [3.8, 4) is 0 Å². The lowest BCUT2D eigenvalue weighted by Gasteiger charge is -2.28. The Morgan fingerprint density at radius 1 is 0.318 bits per heavy atom. The fraction of sp³-hybridized carbons (Fsp3) is 0.143. The van der Waals surface area contributed by atoms with Gasteiger partial charge >= 0.3 is 0 Å². The van der Waals surface area contributed by atoms with Gasteiger partial charge in [0.15, 0.2) is 0 Å². The highest BCUT2D eigenvalue weighted by Crippen LogP contribution is 2.38. The molecular formula is C42H46N2. The van der Waals surface area contributed by atoms with Crippen LogP contribution in [0.5, 0.6) is 0 Å². The van der Waals surface area contributed by atoms with Crippen molar-refractivity contribution in [1.82, 2.24) is 0 Å². The molecule has 6 aromatic rings. The normalized spacial score (nSPS) is 9.84. The molecule has 0 fully saturated rings. The van der Waals surface area contributed by atoms with Gasteiger partial charge in [-0.15, -0.1) is 0 Å². The number of nitrogens with zero attached hydrogens (tertiary/aromatic N) is 2. The quantitative estimate of drug-likeness (QED) is 0.186. The van der Waals surface area contributed by atoms with E-state index >= 15 is 0 Å². The van der Waals surface area contributed by atoms with E-state index in [2.05, 4.69) is 169 Å². The minimum Gasteiger partial charge on any atom is -0.311 e. The summed E-state index contributed by atoms with van der Waals surface area (Å²) in [5, 5.41) is 0. The van der Waals surface area contributed by atoms with E-state index in [-0.39, 0.29) is 7.43 Å². The molecule has 0 aliphatic rings. The maximum Gasteiger partial charge on any atom is 0.0463 e. The maximum absolute atomic E-state index is 2.28. The van der Waals surface area contributed by atoms with E-state index in [1.807, 2.05) is 44.2 Å².